The van der Waals surface area contributed by atoms with Gasteiger partial charge in [0.2, 0.25) is 0 Å². The van der Waals surface area contributed by atoms with Gasteiger partial charge in [0.05, 0.1) is 0 Å². The monoisotopic (exact) mass is 223 g/mol. The van der Waals surface area contributed by atoms with Crippen LogP contribution in [-0.2, 0) is 4.79 Å². The molecule has 0 saturated heterocycles. The molecule has 1 aliphatic heterocycles. The third-order valence-electron chi connectivity index (χ3n) is 3.88. The van der Waals surface area contributed by atoms with E-state index < -0.39 is 5.54 Å². The van der Waals surface area contributed by atoms with Crippen LogP contribution in [0.3, 0.4) is 0 Å². The number of guanidine groups is 1. The van der Waals surface area contributed by atoms with Crippen molar-refractivity contribution in [2.75, 3.05) is 0 Å². The highest BCUT2D eigenvalue weighted by molar-refractivity contribution is 6.07. The van der Waals surface area contributed by atoms with Crippen LogP contribution in [0.4, 0.5) is 0 Å². The van der Waals surface area contributed by atoms with E-state index in [2.05, 4.69) is 31.1 Å². The molecule has 16 heavy (non-hydrogen) atoms. The van der Waals surface area contributed by atoms with Crippen LogP contribution in [0.25, 0.3) is 0 Å². The Morgan fingerprint density at radius 3 is 2.62 bits per heavy atom. The van der Waals surface area contributed by atoms with Gasteiger partial charge in [0.15, 0.2) is 5.96 Å². The van der Waals surface area contributed by atoms with E-state index >= 15 is 0 Å². The molecular weight excluding hydrogens is 202 g/mol. The Kier molecular flexibility index (Phi) is 2.48. The molecule has 2 unspecified atom stereocenters. The quantitative estimate of drug-likeness (QED) is 0.652. The molecule has 2 atom stereocenters. The van der Waals surface area contributed by atoms with Crippen LogP contribution >= 0.6 is 0 Å². The fourth-order valence-electron chi connectivity index (χ4n) is 3.23. The number of carbonyl (C=O) groups is 1. The highest BCUT2D eigenvalue weighted by atomic mass is 16.2. The third kappa shape index (κ3) is 1.60. The Labute approximate surface area is 96.7 Å². The molecule has 1 aliphatic carbocycles. The maximum atomic E-state index is 12.1. The van der Waals surface area contributed by atoms with E-state index in [0.717, 1.165) is 19.3 Å². The molecule has 2 aliphatic rings. The van der Waals surface area contributed by atoms with Gasteiger partial charge in [0, 0.05) is 0 Å². The molecule has 0 aromatic heterocycles. The summed E-state index contributed by atoms with van der Waals surface area (Å²) < 4.78 is 0. The van der Waals surface area contributed by atoms with Gasteiger partial charge in [0.1, 0.15) is 5.54 Å². The van der Waals surface area contributed by atoms with E-state index in [1.165, 1.54) is 6.42 Å². The second-order valence-corrected chi connectivity index (χ2v) is 6.04. The number of hydrogen-bond donors (Lipinski definition) is 2. The summed E-state index contributed by atoms with van der Waals surface area (Å²) in [6, 6.07) is 0. The van der Waals surface area contributed by atoms with Crippen molar-refractivity contribution in [3.63, 3.8) is 0 Å². The smallest absolute Gasteiger partial charge is 0.255 e. The lowest BCUT2D eigenvalue weighted by Crippen LogP contribution is -2.52. The molecular formula is C12H21N3O. The van der Waals surface area contributed by atoms with Crippen molar-refractivity contribution in [3.05, 3.63) is 0 Å². The number of hydrogen-bond acceptors (Lipinski definition) is 3. The highest BCUT2D eigenvalue weighted by Gasteiger charge is 2.54. The number of nitrogens with one attached hydrogen (secondary N) is 1. The summed E-state index contributed by atoms with van der Waals surface area (Å²) >= 11 is 0. The van der Waals surface area contributed by atoms with Gasteiger partial charge in [-0.1, -0.05) is 33.6 Å². The lowest BCUT2D eigenvalue weighted by Gasteiger charge is -2.44. The van der Waals surface area contributed by atoms with Gasteiger partial charge in [-0.15, -0.1) is 0 Å². The zero-order valence-electron chi connectivity index (χ0n) is 10.3. The van der Waals surface area contributed by atoms with Crippen molar-refractivity contribution in [1.29, 1.82) is 0 Å². The molecule has 1 amide bonds. The van der Waals surface area contributed by atoms with Gasteiger partial charge >= 0.3 is 0 Å². The first-order chi connectivity index (χ1) is 7.36. The zero-order valence-corrected chi connectivity index (χ0v) is 10.3. The van der Waals surface area contributed by atoms with Crippen molar-refractivity contribution in [2.24, 2.45) is 22.1 Å². The van der Waals surface area contributed by atoms with Gasteiger partial charge < -0.3 is 5.73 Å². The van der Waals surface area contributed by atoms with Crippen molar-refractivity contribution in [2.45, 2.75) is 52.0 Å². The second-order valence-electron chi connectivity index (χ2n) is 6.04. The highest BCUT2D eigenvalue weighted by Crippen LogP contribution is 2.47. The van der Waals surface area contributed by atoms with E-state index in [9.17, 15) is 4.79 Å². The normalized spacial score (nSPS) is 35.1. The van der Waals surface area contributed by atoms with Crippen molar-refractivity contribution >= 4 is 11.9 Å². The molecule has 1 spiro atoms. The summed E-state index contributed by atoms with van der Waals surface area (Å²) in [6.07, 6.45) is 4.15. The van der Waals surface area contributed by atoms with E-state index in [0.29, 0.717) is 5.96 Å². The number of carbonyl (C=O) groups excluding carboxylic acids is 1. The second kappa shape index (κ2) is 3.47. The van der Waals surface area contributed by atoms with E-state index in [1.807, 2.05) is 0 Å². The third-order valence-corrected chi connectivity index (χ3v) is 3.88. The molecule has 90 valence electrons. The molecule has 0 radical (unpaired) electrons. The van der Waals surface area contributed by atoms with Gasteiger partial charge in [-0.25, -0.2) is 4.99 Å². The first-order valence-corrected chi connectivity index (χ1v) is 6.03. The van der Waals surface area contributed by atoms with Gasteiger partial charge in [-0.2, -0.15) is 0 Å². The molecule has 0 bridgehead atoms. The lowest BCUT2D eigenvalue weighted by molar-refractivity contribution is -0.129. The molecule has 1 fully saturated rings. The number of aliphatic imine (C=N–C) groups is 1. The van der Waals surface area contributed by atoms with Crippen molar-refractivity contribution < 1.29 is 4.79 Å². The van der Waals surface area contributed by atoms with Crippen LogP contribution in [-0.4, -0.2) is 17.4 Å². The number of rotatable bonds is 0. The number of amides is 1. The minimum Gasteiger partial charge on any atom is -0.370 e. The maximum absolute atomic E-state index is 12.1. The Bertz CT molecular complexity index is 343. The maximum Gasteiger partial charge on any atom is 0.255 e. The number of nitrogens with two attached hydrogens (primary N) is 1. The fraction of sp³-hybridized carbons (Fsp3) is 0.833. The van der Waals surface area contributed by atoms with Crippen LogP contribution in [0.2, 0.25) is 0 Å². The van der Waals surface area contributed by atoms with Crippen LogP contribution < -0.4 is 11.1 Å². The summed E-state index contributed by atoms with van der Waals surface area (Å²) in [7, 11) is 0. The molecule has 1 saturated carbocycles. The van der Waals surface area contributed by atoms with Crippen LogP contribution in [0.1, 0.15) is 46.5 Å². The Hall–Kier alpha value is -1.06. The molecule has 4 nitrogen and oxygen atoms in total. The molecule has 3 N–H and O–H groups in total. The molecule has 1 heterocycles. The summed E-state index contributed by atoms with van der Waals surface area (Å²) in [4.78, 5) is 16.6. The average molecular weight is 223 g/mol. The van der Waals surface area contributed by atoms with Gasteiger partial charge in [-0.3, -0.25) is 10.1 Å². The Balaban J connectivity index is 2.39. The molecule has 0 aromatic carbocycles. The van der Waals surface area contributed by atoms with E-state index in [-0.39, 0.29) is 17.2 Å². The van der Waals surface area contributed by atoms with Crippen LogP contribution in [0, 0.1) is 11.3 Å². The standard InChI is InChI=1S/C12H21N3O/c1-11(2,3)8-6-4-5-7-12(8)9(16)14-10(13)15-12/h8H,4-7H2,1-3H3,(H3,13,14,15,16). The van der Waals surface area contributed by atoms with E-state index in [1.54, 1.807) is 0 Å². The van der Waals surface area contributed by atoms with E-state index in [4.69, 9.17) is 5.73 Å². The summed E-state index contributed by atoms with van der Waals surface area (Å²) in [6.45, 7) is 6.55. The Morgan fingerprint density at radius 2 is 2.12 bits per heavy atom. The van der Waals surface area contributed by atoms with Crippen LogP contribution in [0.15, 0.2) is 4.99 Å². The van der Waals surface area contributed by atoms with Crippen molar-refractivity contribution in [3.8, 4) is 0 Å². The zero-order chi connectivity index (χ0) is 12.0. The fourth-order valence-corrected chi connectivity index (χ4v) is 3.23. The minimum absolute atomic E-state index is 0.00428. The summed E-state index contributed by atoms with van der Waals surface area (Å²) in [5, 5.41) is 2.67. The van der Waals surface area contributed by atoms with Crippen LogP contribution in [0.5, 0.6) is 0 Å². The predicted molar refractivity (Wildman–Crippen MR) is 63.9 cm³/mol. The average Bonchev–Trinajstić information content (AvgIpc) is 2.41. The van der Waals surface area contributed by atoms with Crippen molar-refractivity contribution in [1.82, 2.24) is 5.32 Å². The largest absolute Gasteiger partial charge is 0.370 e. The Morgan fingerprint density at radius 1 is 1.44 bits per heavy atom. The topological polar surface area (TPSA) is 67.5 Å². The number of nitrogens with zero attached hydrogens (tertiary/aromatic N) is 1. The predicted octanol–water partition coefficient (Wildman–Crippen LogP) is 1.41. The minimum atomic E-state index is -0.583. The first kappa shape index (κ1) is 11.4. The summed E-state index contributed by atoms with van der Waals surface area (Å²) in [5.74, 6) is 0.584. The molecule has 0 aromatic rings. The van der Waals surface area contributed by atoms with Gasteiger partial charge in [0.25, 0.3) is 5.91 Å². The SMILES string of the molecule is CC(C)(C)C1CCCCC12N=C(N)NC2=O. The summed E-state index contributed by atoms with van der Waals surface area (Å²) in [5.41, 5.74) is 5.16. The molecule has 4 heteroatoms. The first-order valence-electron chi connectivity index (χ1n) is 6.03. The lowest BCUT2D eigenvalue weighted by atomic mass is 9.62. The van der Waals surface area contributed by atoms with Gasteiger partial charge in [-0.05, 0) is 24.2 Å². The molecule has 2 rings (SSSR count).